The van der Waals surface area contributed by atoms with Crippen molar-refractivity contribution < 1.29 is 48.7 Å². The molecule has 0 radical (unpaired) electrons. The molecule has 0 heterocycles. The predicted octanol–water partition coefficient (Wildman–Crippen LogP) is 0.742. The van der Waals surface area contributed by atoms with Gasteiger partial charge in [0.2, 0.25) is 0 Å². The molecule has 24 heavy (non-hydrogen) atoms. The van der Waals surface area contributed by atoms with Crippen molar-refractivity contribution >= 4 is 26.7 Å². The first-order chi connectivity index (χ1) is 10.8. The molecule has 3 aromatic rings. The molecule has 118 valence electrons. The third-order valence-corrected chi connectivity index (χ3v) is 4.54. The number of carbonyl (C=O) groups excluding carboxylic acids is 1. The molecule has 4 nitrogen and oxygen atoms in total. The van der Waals surface area contributed by atoms with Gasteiger partial charge in [-0.2, -0.15) is 8.42 Å². The van der Waals surface area contributed by atoms with E-state index in [0.717, 1.165) is 10.9 Å². The number of hydrogen-bond donors (Lipinski definition) is 1. The van der Waals surface area contributed by atoms with Gasteiger partial charge in [0.25, 0.3) is 10.1 Å². The van der Waals surface area contributed by atoms with Crippen LogP contribution in [-0.4, -0.2) is 18.8 Å². The summed E-state index contributed by atoms with van der Waals surface area (Å²) in [5.74, 6) is -0.0919. The molecule has 0 aromatic heterocycles. The van der Waals surface area contributed by atoms with Gasteiger partial charge in [0.1, 0.15) is 0 Å². The second kappa shape index (κ2) is 7.17. The van der Waals surface area contributed by atoms with Crippen LogP contribution in [0.15, 0.2) is 65.6 Å². The average molecular weight is 350 g/mol. The molecule has 0 saturated heterocycles. The summed E-state index contributed by atoms with van der Waals surface area (Å²) in [5, 5.41) is 1.37. The Bertz CT molecular complexity index is 1010. The Morgan fingerprint density at radius 2 is 1.42 bits per heavy atom. The molecule has 0 aliphatic rings. The molecule has 3 aromatic carbocycles. The SMILES string of the molecule is Cc1ccc(C(=O)c2ccc3cc(S(=O)(=O)O)ccc3c2)cc1.[H-].[Na+]. The maximum absolute atomic E-state index is 12.5. The summed E-state index contributed by atoms with van der Waals surface area (Å²) >= 11 is 0. The van der Waals surface area contributed by atoms with Crippen LogP contribution in [0.3, 0.4) is 0 Å². The van der Waals surface area contributed by atoms with E-state index in [-0.39, 0.29) is 41.7 Å². The summed E-state index contributed by atoms with van der Waals surface area (Å²) in [6.45, 7) is 1.96. The van der Waals surface area contributed by atoms with Crippen molar-refractivity contribution in [3.63, 3.8) is 0 Å². The number of aryl methyl sites for hydroxylation is 1. The smallest absolute Gasteiger partial charge is 1.00 e. The molecule has 0 saturated carbocycles. The summed E-state index contributed by atoms with van der Waals surface area (Å²) in [4.78, 5) is 12.3. The zero-order valence-corrected chi connectivity index (χ0v) is 16.2. The van der Waals surface area contributed by atoms with Crippen LogP contribution in [0.1, 0.15) is 22.9 Å². The standard InChI is InChI=1S/C18H14O4S.Na.H/c1-12-2-4-13(5-3-12)18(19)16-7-6-15-11-17(23(20,21)22)9-8-14(15)10-16;;/h2-11H,1H3,(H,20,21,22);;/q;+1;-1. The minimum absolute atomic E-state index is 0. The van der Waals surface area contributed by atoms with Gasteiger partial charge in [-0.25, -0.2) is 0 Å². The fraction of sp³-hybridized carbons (Fsp3) is 0.0556. The Morgan fingerprint density at radius 1 is 0.875 bits per heavy atom. The molecule has 0 spiro atoms. The first-order valence-electron chi connectivity index (χ1n) is 6.97. The van der Waals surface area contributed by atoms with Crippen LogP contribution in [0.5, 0.6) is 0 Å². The second-order valence-corrected chi connectivity index (χ2v) is 6.82. The minimum atomic E-state index is -4.23. The van der Waals surface area contributed by atoms with E-state index in [1.54, 1.807) is 36.4 Å². The minimum Gasteiger partial charge on any atom is -1.00 e. The van der Waals surface area contributed by atoms with E-state index in [1.165, 1.54) is 12.1 Å². The Labute approximate surface area is 164 Å². The molecule has 0 unspecified atom stereocenters. The van der Waals surface area contributed by atoms with Gasteiger partial charge < -0.3 is 1.43 Å². The number of fused-ring (bicyclic) bond motifs is 1. The molecule has 0 aliphatic carbocycles. The van der Waals surface area contributed by atoms with E-state index in [4.69, 9.17) is 4.55 Å². The molecule has 3 rings (SSSR count). The Balaban J connectivity index is 0.00000156. The normalized spacial score (nSPS) is 11.1. The van der Waals surface area contributed by atoms with Crippen molar-refractivity contribution in [2.75, 3.05) is 0 Å². The van der Waals surface area contributed by atoms with E-state index in [1.807, 2.05) is 19.1 Å². The Morgan fingerprint density at radius 3 is 2.04 bits per heavy atom. The van der Waals surface area contributed by atoms with Crippen molar-refractivity contribution in [1.29, 1.82) is 0 Å². The van der Waals surface area contributed by atoms with E-state index in [9.17, 15) is 13.2 Å². The number of ketones is 1. The zero-order chi connectivity index (χ0) is 16.6. The molecule has 0 bridgehead atoms. The third-order valence-electron chi connectivity index (χ3n) is 3.69. The van der Waals surface area contributed by atoms with Gasteiger partial charge >= 0.3 is 29.6 Å². The topological polar surface area (TPSA) is 71.4 Å². The fourth-order valence-electron chi connectivity index (χ4n) is 2.40. The Kier molecular flexibility index (Phi) is 5.63. The molecule has 1 N–H and O–H groups in total. The maximum Gasteiger partial charge on any atom is 1.00 e. The summed E-state index contributed by atoms with van der Waals surface area (Å²) < 4.78 is 31.4. The van der Waals surface area contributed by atoms with Crippen LogP contribution in [-0.2, 0) is 10.1 Å². The Hall–Kier alpha value is -1.50. The predicted molar refractivity (Wildman–Crippen MR) is 89.5 cm³/mol. The summed E-state index contributed by atoms with van der Waals surface area (Å²) in [6.07, 6.45) is 0. The van der Waals surface area contributed by atoms with Crippen LogP contribution in [0.25, 0.3) is 10.8 Å². The molecule has 0 amide bonds. The van der Waals surface area contributed by atoms with Crippen molar-refractivity contribution in [2.45, 2.75) is 11.8 Å². The van der Waals surface area contributed by atoms with Gasteiger partial charge in [-0.15, -0.1) is 0 Å². The first kappa shape index (κ1) is 18.8. The quantitative estimate of drug-likeness (QED) is 0.430. The van der Waals surface area contributed by atoms with Gasteiger partial charge in [-0.3, -0.25) is 9.35 Å². The maximum atomic E-state index is 12.5. The summed E-state index contributed by atoms with van der Waals surface area (Å²) in [7, 11) is -4.23. The van der Waals surface area contributed by atoms with Gasteiger partial charge in [0, 0.05) is 11.1 Å². The van der Waals surface area contributed by atoms with Crippen LogP contribution in [0.2, 0.25) is 0 Å². The van der Waals surface area contributed by atoms with E-state index in [2.05, 4.69) is 0 Å². The van der Waals surface area contributed by atoms with Crippen LogP contribution in [0.4, 0.5) is 0 Å². The third kappa shape index (κ3) is 3.94. The number of hydrogen-bond acceptors (Lipinski definition) is 3. The number of benzene rings is 3. The molecule has 6 heteroatoms. The molecule has 0 aliphatic heterocycles. The molecular formula is C18H15NaO4S. The van der Waals surface area contributed by atoms with E-state index in [0.29, 0.717) is 16.5 Å². The zero-order valence-electron chi connectivity index (χ0n) is 14.4. The fourth-order valence-corrected chi connectivity index (χ4v) is 2.91. The van der Waals surface area contributed by atoms with Crippen LogP contribution < -0.4 is 29.6 Å². The van der Waals surface area contributed by atoms with Gasteiger partial charge in [-0.05, 0) is 35.9 Å². The molecule has 0 fully saturated rings. The first-order valence-corrected chi connectivity index (χ1v) is 8.41. The largest absolute Gasteiger partial charge is 1.00 e. The van der Waals surface area contributed by atoms with Crippen molar-refractivity contribution in [3.05, 3.63) is 77.4 Å². The number of carbonyl (C=O) groups is 1. The average Bonchev–Trinajstić information content (AvgIpc) is 2.53. The second-order valence-electron chi connectivity index (χ2n) is 5.39. The van der Waals surface area contributed by atoms with Crippen molar-refractivity contribution in [3.8, 4) is 0 Å². The van der Waals surface area contributed by atoms with Gasteiger partial charge in [-0.1, -0.05) is 48.0 Å². The van der Waals surface area contributed by atoms with E-state index < -0.39 is 10.1 Å². The molecular weight excluding hydrogens is 335 g/mol. The summed E-state index contributed by atoms with van der Waals surface area (Å²) in [5.41, 5.74) is 2.21. The summed E-state index contributed by atoms with van der Waals surface area (Å²) in [6, 6.07) is 16.6. The van der Waals surface area contributed by atoms with Gasteiger partial charge in [0.15, 0.2) is 5.78 Å². The monoisotopic (exact) mass is 350 g/mol. The van der Waals surface area contributed by atoms with Gasteiger partial charge in [0.05, 0.1) is 4.90 Å². The van der Waals surface area contributed by atoms with Crippen molar-refractivity contribution in [1.82, 2.24) is 0 Å². The van der Waals surface area contributed by atoms with Crippen LogP contribution in [0, 0.1) is 6.92 Å². The van der Waals surface area contributed by atoms with Crippen molar-refractivity contribution in [2.24, 2.45) is 0 Å². The number of rotatable bonds is 3. The van der Waals surface area contributed by atoms with Crippen LogP contribution >= 0.6 is 0 Å². The molecule has 0 atom stereocenters. The van der Waals surface area contributed by atoms with E-state index >= 15 is 0 Å².